The maximum absolute atomic E-state index is 6.19. The van der Waals surface area contributed by atoms with Crippen molar-refractivity contribution in [1.82, 2.24) is 4.90 Å². The Labute approximate surface area is 200 Å². The molecule has 32 heavy (non-hydrogen) atoms. The topological polar surface area (TPSA) is 3.24 Å². The van der Waals surface area contributed by atoms with Gasteiger partial charge < -0.3 is 0 Å². The molecular weight excluding hydrogens is 433 g/mol. The summed E-state index contributed by atoms with van der Waals surface area (Å²) in [4.78, 5) is 2.59. The first kappa shape index (κ1) is 21.3. The van der Waals surface area contributed by atoms with E-state index in [1.165, 1.54) is 22.3 Å². The number of hydrogen-bond donors (Lipinski definition) is 0. The smallest absolute Gasteiger partial charge is 0.0602 e. The minimum atomic E-state index is 0.268. The number of benzene rings is 4. The van der Waals surface area contributed by atoms with Crippen LogP contribution in [0.4, 0.5) is 0 Å². The van der Waals surface area contributed by atoms with E-state index in [2.05, 4.69) is 89.8 Å². The number of rotatable bonds is 6. The third kappa shape index (κ3) is 4.47. The van der Waals surface area contributed by atoms with Gasteiger partial charge in [-0.25, -0.2) is 0 Å². The lowest BCUT2D eigenvalue weighted by molar-refractivity contribution is 0.0589. The van der Waals surface area contributed by atoms with Gasteiger partial charge in [-0.15, -0.1) is 0 Å². The molecule has 160 valence electrons. The van der Waals surface area contributed by atoms with Crippen molar-refractivity contribution in [3.05, 3.63) is 141 Å². The molecule has 0 aliphatic carbocycles. The van der Waals surface area contributed by atoms with Crippen molar-refractivity contribution in [3.8, 4) is 0 Å². The van der Waals surface area contributed by atoms with Crippen LogP contribution in [-0.4, -0.2) is 18.0 Å². The van der Waals surface area contributed by atoms with E-state index in [0.29, 0.717) is 11.8 Å². The van der Waals surface area contributed by atoms with Gasteiger partial charge in [0.15, 0.2) is 0 Å². The van der Waals surface area contributed by atoms with E-state index in [4.69, 9.17) is 23.2 Å². The molecule has 0 aromatic heterocycles. The first-order valence-corrected chi connectivity index (χ1v) is 11.8. The molecule has 0 bridgehead atoms. The highest BCUT2D eigenvalue weighted by Gasteiger charge is 2.39. The second-order valence-corrected chi connectivity index (χ2v) is 9.39. The summed E-state index contributed by atoms with van der Waals surface area (Å²) in [6, 6.07) is 38.5. The molecule has 1 aliphatic rings. The second kappa shape index (κ2) is 9.50. The summed E-state index contributed by atoms with van der Waals surface area (Å²) in [5.41, 5.74) is 5.29. The van der Waals surface area contributed by atoms with E-state index in [1.54, 1.807) is 0 Å². The lowest BCUT2D eigenvalue weighted by Crippen LogP contribution is -2.51. The minimum absolute atomic E-state index is 0.268. The lowest BCUT2D eigenvalue weighted by atomic mass is 9.75. The summed E-state index contributed by atoms with van der Waals surface area (Å²) in [7, 11) is 0. The molecule has 4 aromatic carbocycles. The Hall–Kier alpha value is -2.58. The van der Waals surface area contributed by atoms with Gasteiger partial charge in [0, 0.05) is 29.1 Å². The van der Waals surface area contributed by atoms with E-state index in [9.17, 15) is 0 Å². The molecular formula is C29H25Cl2N. The summed E-state index contributed by atoms with van der Waals surface area (Å²) in [5, 5.41) is 1.54. The molecule has 1 fully saturated rings. The van der Waals surface area contributed by atoms with Gasteiger partial charge in [-0.05, 0) is 52.4 Å². The molecule has 4 aromatic rings. The molecule has 1 aliphatic heterocycles. The van der Waals surface area contributed by atoms with Gasteiger partial charge in [-0.2, -0.15) is 0 Å². The maximum Gasteiger partial charge on any atom is 0.0602 e. The zero-order valence-corrected chi connectivity index (χ0v) is 19.3. The molecule has 1 nitrogen and oxygen atoms in total. The van der Waals surface area contributed by atoms with Crippen molar-refractivity contribution in [1.29, 1.82) is 0 Å². The average Bonchev–Trinajstić information content (AvgIpc) is 2.81. The standard InChI is InChI=1S/C29H25Cl2N/c30-26-15-11-21(12-16-26)28(22-13-17-27(31)18-14-22)25-19-32(20-25)29(23-7-3-1-4-8-23)24-9-5-2-6-10-24/h1-18,25,28-29H,19-20H2. The van der Waals surface area contributed by atoms with Crippen LogP contribution < -0.4 is 0 Å². The summed E-state index contributed by atoms with van der Waals surface area (Å²) < 4.78 is 0. The fourth-order valence-electron chi connectivity index (χ4n) is 4.93. The van der Waals surface area contributed by atoms with Gasteiger partial charge >= 0.3 is 0 Å². The van der Waals surface area contributed by atoms with Crippen molar-refractivity contribution in [2.45, 2.75) is 12.0 Å². The number of halogens is 2. The molecule has 0 spiro atoms. The zero-order chi connectivity index (χ0) is 21.9. The Kier molecular flexibility index (Phi) is 6.32. The van der Waals surface area contributed by atoms with Crippen LogP contribution in [0.15, 0.2) is 109 Å². The van der Waals surface area contributed by atoms with Crippen LogP contribution in [0.1, 0.15) is 34.2 Å². The van der Waals surface area contributed by atoms with Crippen LogP contribution in [0.5, 0.6) is 0 Å². The summed E-state index contributed by atoms with van der Waals surface area (Å²) in [5.74, 6) is 0.834. The molecule has 0 atom stereocenters. The third-order valence-corrected chi connectivity index (χ3v) is 6.97. The van der Waals surface area contributed by atoms with Crippen LogP contribution in [0.25, 0.3) is 0 Å². The molecule has 0 N–H and O–H groups in total. The number of likely N-dealkylation sites (tertiary alicyclic amines) is 1. The fourth-order valence-corrected chi connectivity index (χ4v) is 5.18. The Morgan fingerprint density at radius 1 is 0.531 bits per heavy atom. The van der Waals surface area contributed by atoms with Crippen molar-refractivity contribution in [3.63, 3.8) is 0 Å². The zero-order valence-electron chi connectivity index (χ0n) is 17.7. The summed E-state index contributed by atoms with van der Waals surface area (Å²) in [6.07, 6.45) is 0. The predicted molar refractivity (Wildman–Crippen MR) is 135 cm³/mol. The summed E-state index contributed by atoms with van der Waals surface area (Å²) in [6.45, 7) is 2.06. The molecule has 1 heterocycles. The molecule has 0 amide bonds. The SMILES string of the molecule is Clc1ccc(C(c2ccc(Cl)cc2)C2CN(C(c3ccccc3)c3ccccc3)C2)cc1. The molecule has 0 saturated carbocycles. The Balaban J connectivity index is 1.44. The second-order valence-electron chi connectivity index (χ2n) is 8.52. The summed E-state index contributed by atoms with van der Waals surface area (Å²) >= 11 is 12.4. The highest BCUT2D eigenvalue weighted by Crippen LogP contribution is 2.42. The van der Waals surface area contributed by atoms with Crippen LogP contribution in [-0.2, 0) is 0 Å². The quantitative estimate of drug-likeness (QED) is 0.284. The maximum atomic E-state index is 6.19. The van der Waals surface area contributed by atoms with Gasteiger partial charge in [0.1, 0.15) is 0 Å². The van der Waals surface area contributed by atoms with Crippen molar-refractivity contribution >= 4 is 23.2 Å². The third-order valence-electron chi connectivity index (χ3n) is 6.46. The van der Waals surface area contributed by atoms with E-state index >= 15 is 0 Å². The number of nitrogens with zero attached hydrogens (tertiary/aromatic N) is 1. The van der Waals surface area contributed by atoms with Crippen LogP contribution >= 0.6 is 23.2 Å². The molecule has 0 unspecified atom stereocenters. The minimum Gasteiger partial charge on any atom is -0.292 e. The Bertz CT molecular complexity index is 1050. The van der Waals surface area contributed by atoms with Crippen LogP contribution in [0.2, 0.25) is 10.0 Å². The highest BCUT2D eigenvalue weighted by atomic mass is 35.5. The van der Waals surface area contributed by atoms with Crippen LogP contribution in [0.3, 0.4) is 0 Å². The van der Waals surface area contributed by atoms with Gasteiger partial charge in [0.05, 0.1) is 6.04 Å². The first-order chi connectivity index (χ1) is 15.7. The van der Waals surface area contributed by atoms with Gasteiger partial charge in [-0.3, -0.25) is 4.90 Å². The van der Waals surface area contributed by atoms with Gasteiger partial charge in [0.25, 0.3) is 0 Å². The number of hydrogen-bond acceptors (Lipinski definition) is 1. The Morgan fingerprint density at radius 3 is 1.34 bits per heavy atom. The highest BCUT2D eigenvalue weighted by molar-refractivity contribution is 6.30. The first-order valence-electron chi connectivity index (χ1n) is 11.0. The molecule has 1 saturated heterocycles. The molecule has 5 rings (SSSR count). The van der Waals surface area contributed by atoms with Crippen molar-refractivity contribution < 1.29 is 0 Å². The molecule has 0 radical (unpaired) electrons. The average molecular weight is 458 g/mol. The van der Waals surface area contributed by atoms with E-state index in [-0.39, 0.29) is 6.04 Å². The van der Waals surface area contributed by atoms with Gasteiger partial charge in [0.2, 0.25) is 0 Å². The van der Waals surface area contributed by atoms with Crippen molar-refractivity contribution in [2.75, 3.05) is 13.1 Å². The van der Waals surface area contributed by atoms with E-state index < -0.39 is 0 Å². The fraction of sp³-hybridized carbons (Fsp3) is 0.172. The van der Waals surface area contributed by atoms with Crippen molar-refractivity contribution in [2.24, 2.45) is 5.92 Å². The lowest BCUT2D eigenvalue weighted by Gasteiger charge is -2.48. The largest absolute Gasteiger partial charge is 0.292 e. The monoisotopic (exact) mass is 457 g/mol. The van der Waals surface area contributed by atoms with E-state index in [0.717, 1.165) is 23.1 Å². The normalized spacial score (nSPS) is 14.6. The Morgan fingerprint density at radius 2 is 0.938 bits per heavy atom. The van der Waals surface area contributed by atoms with Crippen LogP contribution in [0, 0.1) is 5.92 Å². The molecule has 3 heteroatoms. The van der Waals surface area contributed by atoms with E-state index in [1.807, 2.05) is 24.3 Å². The predicted octanol–water partition coefficient (Wildman–Crippen LogP) is 7.85. The van der Waals surface area contributed by atoms with Gasteiger partial charge in [-0.1, -0.05) is 108 Å².